The lowest BCUT2D eigenvalue weighted by molar-refractivity contribution is -0.124. The summed E-state index contributed by atoms with van der Waals surface area (Å²) in [6, 6.07) is 5.59. The van der Waals surface area contributed by atoms with Crippen molar-refractivity contribution in [3.8, 4) is 5.75 Å². The second-order valence-corrected chi connectivity index (χ2v) is 3.95. The van der Waals surface area contributed by atoms with E-state index in [0.717, 1.165) is 10.2 Å². The Morgan fingerprint density at radius 2 is 2.43 bits per heavy atom. The number of nitrogens with one attached hydrogen (secondary N) is 1. The molecule has 0 fully saturated rings. The largest absolute Gasteiger partial charge is 0.477 e. The average Bonchev–Trinajstić information content (AvgIpc) is 2.16. The molecule has 0 radical (unpaired) electrons. The molecular formula is C9H9BrN2O2. The third-order valence-electron chi connectivity index (χ3n) is 2.01. The lowest BCUT2D eigenvalue weighted by Crippen LogP contribution is -2.41. The average molecular weight is 257 g/mol. The molecule has 1 aromatic carbocycles. The number of anilines is 1. The highest BCUT2D eigenvalue weighted by molar-refractivity contribution is 9.10. The molecule has 1 unspecified atom stereocenters. The van der Waals surface area contributed by atoms with E-state index in [9.17, 15) is 4.79 Å². The first kappa shape index (κ1) is 9.33. The van der Waals surface area contributed by atoms with Crippen LogP contribution in [-0.4, -0.2) is 18.6 Å². The van der Waals surface area contributed by atoms with Gasteiger partial charge in [0.15, 0.2) is 6.10 Å². The Morgan fingerprint density at radius 3 is 3.14 bits per heavy atom. The van der Waals surface area contributed by atoms with Crippen LogP contribution in [0.2, 0.25) is 0 Å². The van der Waals surface area contributed by atoms with Gasteiger partial charge in [-0.3, -0.25) is 4.79 Å². The van der Waals surface area contributed by atoms with E-state index in [1.807, 2.05) is 12.1 Å². The lowest BCUT2D eigenvalue weighted by atomic mass is 10.2. The maximum atomic E-state index is 10.9. The SMILES string of the molecule is NC(=O)C1CNc2ccc(Br)cc2O1. The minimum absolute atomic E-state index is 0.421. The summed E-state index contributed by atoms with van der Waals surface area (Å²) in [6.45, 7) is 0.421. The van der Waals surface area contributed by atoms with Gasteiger partial charge in [-0.1, -0.05) is 15.9 Å². The first-order valence-corrected chi connectivity index (χ1v) is 4.95. The van der Waals surface area contributed by atoms with Crippen LogP contribution in [-0.2, 0) is 4.79 Å². The molecule has 4 nitrogen and oxygen atoms in total. The molecule has 1 aliphatic rings. The quantitative estimate of drug-likeness (QED) is 0.792. The van der Waals surface area contributed by atoms with E-state index in [-0.39, 0.29) is 0 Å². The molecule has 1 heterocycles. The first-order valence-electron chi connectivity index (χ1n) is 4.16. The van der Waals surface area contributed by atoms with Crippen LogP contribution in [0.4, 0.5) is 5.69 Å². The number of benzene rings is 1. The smallest absolute Gasteiger partial charge is 0.260 e. The van der Waals surface area contributed by atoms with Crippen molar-refractivity contribution < 1.29 is 9.53 Å². The molecule has 2 rings (SSSR count). The number of primary amides is 1. The Hall–Kier alpha value is -1.23. The van der Waals surface area contributed by atoms with Crippen LogP contribution in [0, 0.1) is 0 Å². The van der Waals surface area contributed by atoms with Gasteiger partial charge in [0.1, 0.15) is 5.75 Å². The molecule has 1 aromatic rings. The molecule has 0 bridgehead atoms. The number of carbonyl (C=O) groups excluding carboxylic acids is 1. The number of ether oxygens (including phenoxy) is 1. The Kier molecular flexibility index (Phi) is 2.33. The predicted octanol–water partition coefficient (Wildman–Crippen LogP) is 1.11. The predicted molar refractivity (Wildman–Crippen MR) is 56.2 cm³/mol. The van der Waals surface area contributed by atoms with E-state index in [1.54, 1.807) is 6.07 Å². The summed E-state index contributed by atoms with van der Waals surface area (Å²) in [5, 5.41) is 3.07. The van der Waals surface area contributed by atoms with Gasteiger partial charge < -0.3 is 15.8 Å². The number of hydrogen-bond acceptors (Lipinski definition) is 3. The van der Waals surface area contributed by atoms with Crippen molar-refractivity contribution in [2.24, 2.45) is 5.73 Å². The molecule has 5 heteroatoms. The van der Waals surface area contributed by atoms with Crippen molar-refractivity contribution in [2.45, 2.75) is 6.10 Å². The van der Waals surface area contributed by atoms with Gasteiger partial charge in [0.05, 0.1) is 12.2 Å². The fourth-order valence-corrected chi connectivity index (χ4v) is 1.64. The van der Waals surface area contributed by atoms with E-state index >= 15 is 0 Å². The number of nitrogens with two attached hydrogens (primary N) is 1. The van der Waals surface area contributed by atoms with Crippen LogP contribution in [0.25, 0.3) is 0 Å². The summed E-state index contributed by atoms with van der Waals surface area (Å²) < 4.78 is 6.31. The fraction of sp³-hybridized carbons (Fsp3) is 0.222. The zero-order valence-corrected chi connectivity index (χ0v) is 8.87. The van der Waals surface area contributed by atoms with E-state index < -0.39 is 12.0 Å². The lowest BCUT2D eigenvalue weighted by Gasteiger charge is -2.25. The van der Waals surface area contributed by atoms with Crippen LogP contribution < -0.4 is 15.8 Å². The maximum absolute atomic E-state index is 10.9. The summed E-state index contributed by atoms with van der Waals surface area (Å²) in [7, 11) is 0. The molecular weight excluding hydrogens is 248 g/mol. The summed E-state index contributed by atoms with van der Waals surface area (Å²) >= 11 is 3.32. The highest BCUT2D eigenvalue weighted by Crippen LogP contribution is 2.31. The van der Waals surface area contributed by atoms with Crippen molar-refractivity contribution in [3.05, 3.63) is 22.7 Å². The van der Waals surface area contributed by atoms with Gasteiger partial charge >= 0.3 is 0 Å². The number of carbonyl (C=O) groups is 1. The molecule has 1 amide bonds. The number of hydrogen-bond donors (Lipinski definition) is 2. The number of halogens is 1. The first-order chi connectivity index (χ1) is 6.66. The van der Waals surface area contributed by atoms with Crippen LogP contribution >= 0.6 is 15.9 Å². The summed E-state index contributed by atoms with van der Waals surface area (Å²) in [5.41, 5.74) is 6.03. The zero-order chi connectivity index (χ0) is 10.1. The van der Waals surface area contributed by atoms with E-state index in [0.29, 0.717) is 12.3 Å². The molecule has 0 aromatic heterocycles. The molecule has 14 heavy (non-hydrogen) atoms. The van der Waals surface area contributed by atoms with Gasteiger partial charge in [-0.15, -0.1) is 0 Å². The second-order valence-electron chi connectivity index (χ2n) is 3.03. The normalized spacial score (nSPS) is 19.1. The number of amides is 1. The molecule has 74 valence electrons. The molecule has 0 saturated heterocycles. The monoisotopic (exact) mass is 256 g/mol. The molecule has 0 spiro atoms. The second kappa shape index (κ2) is 3.49. The van der Waals surface area contributed by atoms with Crippen LogP contribution in [0.5, 0.6) is 5.75 Å². The summed E-state index contributed by atoms with van der Waals surface area (Å²) in [5.74, 6) is 0.192. The summed E-state index contributed by atoms with van der Waals surface area (Å²) in [4.78, 5) is 10.9. The fourth-order valence-electron chi connectivity index (χ4n) is 1.30. The van der Waals surface area contributed by atoms with Crippen molar-refractivity contribution in [1.29, 1.82) is 0 Å². The molecule has 0 saturated carbocycles. The van der Waals surface area contributed by atoms with Crippen molar-refractivity contribution in [1.82, 2.24) is 0 Å². The van der Waals surface area contributed by atoms with E-state index in [1.165, 1.54) is 0 Å². The van der Waals surface area contributed by atoms with Gasteiger partial charge in [0.25, 0.3) is 5.91 Å². The highest BCUT2D eigenvalue weighted by Gasteiger charge is 2.23. The minimum atomic E-state index is -0.586. The molecule has 1 aliphatic heterocycles. The number of rotatable bonds is 1. The Balaban J connectivity index is 2.29. The maximum Gasteiger partial charge on any atom is 0.260 e. The Bertz CT molecular complexity index is 381. The van der Waals surface area contributed by atoms with Gasteiger partial charge in [0.2, 0.25) is 0 Å². The molecule has 0 aliphatic carbocycles. The zero-order valence-electron chi connectivity index (χ0n) is 7.29. The number of fused-ring (bicyclic) bond motifs is 1. The van der Waals surface area contributed by atoms with Gasteiger partial charge in [0, 0.05) is 4.47 Å². The minimum Gasteiger partial charge on any atom is -0.477 e. The third kappa shape index (κ3) is 1.68. The Morgan fingerprint density at radius 1 is 1.64 bits per heavy atom. The van der Waals surface area contributed by atoms with Crippen LogP contribution in [0.3, 0.4) is 0 Å². The molecule has 3 N–H and O–H groups in total. The van der Waals surface area contributed by atoms with Crippen molar-refractivity contribution >= 4 is 27.5 Å². The van der Waals surface area contributed by atoms with Gasteiger partial charge in [-0.05, 0) is 18.2 Å². The van der Waals surface area contributed by atoms with E-state index in [2.05, 4.69) is 21.2 Å². The summed E-state index contributed by atoms with van der Waals surface area (Å²) in [6.07, 6.45) is -0.586. The third-order valence-corrected chi connectivity index (χ3v) is 2.50. The van der Waals surface area contributed by atoms with Crippen molar-refractivity contribution in [2.75, 3.05) is 11.9 Å². The standard InChI is InChI=1S/C9H9BrN2O2/c10-5-1-2-6-7(3-5)14-8(4-12-6)9(11)13/h1-3,8,12H,4H2,(H2,11,13). The Labute approximate surface area is 89.6 Å². The van der Waals surface area contributed by atoms with Crippen LogP contribution in [0.1, 0.15) is 0 Å². The van der Waals surface area contributed by atoms with Crippen LogP contribution in [0.15, 0.2) is 22.7 Å². The molecule has 1 atom stereocenters. The van der Waals surface area contributed by atoms with Gasteiger partial charge in [-0.2, -0.15) is 0 Å². The topological polar surface area (TPSA) is 64.4 Å². The highest BCUT2D eigenvalue weighted by atomic mass is 79.9. The van der Waals surface area contributed by atoms with Crippen molar-refractivity contribution in [3.63, 3.8) is 0 Å². The van der Waals surface area contributed by atoms with Gasteiger partial charge in [-0.25, -0.2) is 0 Å². The van der Waals surface area contributed by atoms with E-state index in [4.69, 9.17) is 10.5 Å².